The van der Waals surface area contributed by atoms with Gasteiger partial charge in [0.15, 0.2) is 0 Å². The second-order valence-corrected chi connectivity index (χ2v) is 4.94. The lowest BCUT2D eigenvalue weighted by molar-refractivity contribution is -0.176. The van der Waals surface area contributed by atoms with Crippen LogP contribution in [0.3, 0.4) is 0 Å². The van der Waals surface area contributed by atoms with Crippen LogP contribution in [0.25, 0.3) is 0 Å². The van der Waals surface area contributed by atoms with Crippen LogP contribution in [-0.4, -0.2) is 24.3 Å². The van der Waals surface area contributed by atoms with Crippen LogP contribution in [0, 0.1) is 0 Å². The zero-order valence-corrected chi connectivity index (χ0v) is 11.0. The van der Waals surface area contributed by atoms with E-state index in [-0.39, 0.29) is 12.5 Å². The molecule has 1 aromatic heterocycles. The van der Waals surface area contributed by atoms with E-state index in [1.54, 1.807) is 0 Å². The SMILES string of the molecule is CCCC(CN)c1csc(COCC(F)(F)F)n1. The Labute approximate surface area is 108 Å². The zero-order chi connectivity index (χ0) is 13.6. The summed E-state index contributed by atoms with van der Waals surface area (Å²) in [4.78, 5) is 4.27. The van der Waals surface area contributed by atoms with Gasteiger partial charge in [-0.15, -0.1) is 11.3 Å². The van der Waals surface area contributed by atoms with Crippen LogP contribution in [0.4, 0.5) is 13.2 Å². The van der Waals surface area contributed by atoms with Crippen molar-refractivity contribution in [3.05, 3.63) is 16.1 Å². The molecule has 104 valence electrons. The highest BCUT2D eigenvalue weighted by molar-refractivity contribution is 7.09. The molecule has 0 bridgehead atoms. The summed E-state index contributed by atoms with van der Waals surface area (Å²) in [6.45, 7) is 1.22. The zero-order valence-electron chi connectivity index (χ0n) is 10.2. The molecule has 1 atom stereocenters. The molecule has 1 heterocycles. The molecule has 0 fully saturated rings. The topological polar surface area (TPSA) is 48.1 Å². The lowest BCUT2D eigenvalue weighted by atomic mass is 10.0. The molecular weight excluding hydrogens is 265 g/mol. The molecule has 3 nitrogen and oxygen atoms in total. The van der Waals surface area contributed by atoms with Gasteiger partial charge >= 0.3 is 6.18 Å². The number of hydrogen-bond acceptors (Lipinski definition) is 4. The Hall–Kier alpha value is -0.660. The number of aromatic nitrogens is 1. The lowest BCUT2D eigenvalue weighted by Crippen LogP contribution is -2.16. The molecule has 0 aliphatic carbocycles. The van der Waals surface area contributed by atoms with Crippen molar-refractivity contribution < 1.29 is 17.9 Å². The van der Waals surface area contributed by atoms with Crippen LogP contribution in [-0.2, 0) is 11.3 Å². The van der Waals surface area contributed by atoms with Crippen molar-refractivity contribution in [1.82, 2.24) is 4.98 Å². The number of ether oxygens (including phenoxy) is 1. The first-order valence-corrected chi connectivity index (χ1v) is 6.63. The molecular formula is C11H17F3N2OS. The summed E-state index contributed by atoms with van der Waals surface area (Å²) >= 11 is 1.31. The minimum atomic E-state index is -4.29. The molecule has 7 heteroatoms. The number of halogens is 3. The summed E-state index contributed by atoms with van der Waals surface area (Å²) in [6, 6.07) is 0. The van der Waals surface area contributed by atoms with E-state index in [4.69, 9.17) is 5.73 Å². The van der Waals surface area contributed by atoms with Gasteiger partial charge in [-0.05, 0) is 6.42 Å². The van der Waals surface area contributed by atoms with Crippen molar-refractivity contribution >= 4 is 11.3 Å². The Bertz CT molecular complexity index is 354. The first-order valence-electron chi connectivity index (χ1n) is 5.75. The largest absolute Gasteiger partial charge is 0.411 e. The predicted octanol–water partition coefficient (Wildman–Crippen LogP) is 3.06. The van der Waals surface area contributed by atoms with Gasteiger partial charge in [0.2, 0.25) is 0 Å². The van der Waals surface area contributed by atoms with Gasteiger partial charge in [-0.25, -0.2) is 4.98 Å². The van der Waals surface area contributed by atoms with E-state index in [9.17, 15) is 13.2 Å². The van der Waals surface area contributed by atoms with E-state index in [0.29, 0.717) is 11.6 Å². The van der Waals surface area contributed by atoms with Gasteiger partial charge in [0.05, 0.1) is 12.3 Å². The quantitative estimate of drug-likeness (QED) is 0.836. The Balaban J connectivity index is 2.47. The monoisotopic (exact) mass is 282 g/mol. The van der Waals surface area contributed by atoms with E-state index < -0.39 is 12.8 Å². The molecule has 1 aromatic rings. The Morgan fingerprint density at radius 2 is 2.22 bits per heavy atom. The number of nitrogens with zero attached hydrogens (tertiary/aromatic N) is 1. The first kappa shape index (κ1) is 15.4. The summed E-state index contributed by atoms with van der Waals surface area (Å²) < 4.78 is 40.2. The second-order valence-electron chi connectivity index (χ2n) is 4.00. The van der Waals surface area contributed by atoms with Gasteiger partial charge in [-0.3, -0.25) is 0 Å². The van der Waals surface area contributed by atoms with Crippen molar-refractivity contribution in [3.63, 3.8) is 0 Å². The van der Waals surface area contributed by atoms with Crippen LogP contribution < -0.4 is 5.73 Å². The van der Waals surface area contributed by atoms with Crippen molar-refractivity contribution in [2.75, 3.05) is 13.2 Å². The minimum Gasteiger partial charge on any atom is -0.365 e. The van der Waals surface area contributed by atoms with Crippen LogP contribution in [0.1, 0.15) is 36.4 Å². The molecule has 0 saturated carbocycles. The predicted molar refractivity (Wildman–Crippen MR) is 64.5 cm³/mol. The van der Waals surface area contributed by atoms with E-state index >= 15 is 0 Å². The Kier molecular flexibility index (Phi) is 6.04. The normalized spacial score (nSPS) is 13.8. The van der Waals surface area contributed by atoms with Gasteiger partial charge in [0.1, 0.15) is 11.6 Å². The highest BCUT2D eigenvalue weighted by Gasteiger charge is 2.27. The van der Waals surface area contributed by atoms with E-state index in [1.807, 2.05) is 5.38 Å². The molecule has 0 saturated heterocycles. The molecule has 0 aromatic carbocycles. The molecule has 18 heavy (non-hydrogen) atoms. The number of nitrogens with two attached hydrogens (primary N) is 1. The average Bonchev–Trinajstić information content (AvgIpc) is 2.72. The maximum absolute atomic E-state index is 11.9. The van der Waals surface area contributed by atoms with Crippen molar-refractivity contribution in [1.29, 1.82) is 0 Å². The van der Waals surface area contributed by atoms with E-state index in [2.05, 4.69) is 16.6 Å². The van der Waals surface area contributed by atoms with Crippen LogP contribution in [0.15, 0.2) is 5.38 Å². The van der Waals surface area contributed by atoms with Crippen LogP contribution in [0.5, 0.6) is 0 Å². The van der Waals surface area contributed by atoms with E-state index in [1.165, 1.54) is 11.3 Å². The highest BCUT2D eigenvalue weighted by Crippen LogP contribution is 2.23. The first-order chi connectivity index (χ1) is 8.46. The molecule has 1 unspecified atom stereocenters. The van der Waals surface area contributed by atoms with Crippen molar-refractivity contribution in [2.24, 2.45) is 5.73 Å². The molecule has 1 rings (SSSR count). The van der Waals surface area contributed by atoms with Crippen LogP contribution in [0.2, 0.25) is 0 Å². The fourth-order valence-corrected chi connectivity index (χ4v) is 2.38. The van der Waals surface area contributed by atoms with Gasteiger partial charge in [0.25, 0.3) is 0 Å². The van der Waals surface area contributed by atoms with Crippen molar-refractivity contribution in [3.8, 4) is 0 Å². The number of rotatable bonds is 7. The molecule has 0 aliphatic rings. The number of thiazole rings is 1. The summed E-state index contributed by atoms with van der Waals surface area (Å²) in [7, 11) is 0. The Morgan fingerprint density at radius 3 is 2.78 bits per heavy atom. The smallest absolute Gasteiger partial charge is 0.365 e. The van der Waals surface area contributed by atoms with Gasteiger partial charge in [-0.1, -0.05) is 13.3 Å². The lowest BCUT2D eigenvalue weighted by Gasteiger charge is -2.10. The van der Waals surface area contributed by atoms with Gasteiger partial charge < -0.3 is 10.5 Å². The summed E-state index contributed by atoms with van der Waals surface area (Å²) in [5.41, 5.74) is 6.50. The van der Waals surface area contributed by atoms with E-state index in [0.717, 1.165) is 18.5 Å². The average molecular weight is 282 g/mol. The summed E-state index contributed by atoms with van der Waals surface area (Å²) in [5.74, 6) is 0.183. The molecule has 0 aliphatic heterocycles. The molecule has 0 amide bonds. The van der Waals surface area contributed by atoms with Crippen molar-refractivity contribution in [2.45, 2.75) is 38.5 Å². The second kappa shape index (κ2) is 7.06. The third kappa shape index (κ3) is 5.32. The molecule has 2 N–H and O–H groups in total. The minimum absolute atomic E-state index is 0.104. The third-order valence-electron chi connectivity index (χ3n) is 2.40. The maximum Gasteiger partial charge on any atom is 0.411 e. The molecule has 0 spiro atoms. The summed E-state index contributed by atoms with van der Waals surface area (Å²) in [6.07, 6.45) is -2.36. The maximum atomic E-state index is 11.9. The third-order valence-corrected chi connectivity index (χ3v) is 3.24. The highest BCUT2D eigenvalue weighted by atomic mass is 32.1. The number of hydrogen-bond donors (Lipinski definition) is 1. The fourth-order valence-electron chi connectivity index (χ4n) is 1.57. The summed E-state index contributed by atoms with van der Waals surface area (Å²) in [5, 5.41) is 2.41. The molecule has 0 radical (unpaired) electrons. The van der Waals surface area contributed by atoms with Gasteiger partial charge in [-0.2, -0.15) is 13.2 Å². The van der Waals surface area contributed by atoms with Gasteiger partial charge in [0, 0.05) is 17.8 Å². The number of alkyl halides is 3. The van der Waals surface area contributed by atoms with Crippen LogP contribution >= 0.6 is 11.3 Å². The Morgan fingerprint density at radius 1 is 1.50 bits per heavy atom. The fraction of sp³-hybridized carbons (Fsp3) is 0.727. The standard InChI is InChI=1S/C11H17F3N2OS/c1-2-3-8(4-15)9-6-18-10(16-9)5-17-7-11(12,13)14/h6,8H,2-5,7,15H2,1H3.